The number of carbonyl (C=O) groups excluding carboxylic acids is 2. The number of nitrogen functional groups attached to an aromatic ring is 1. The number of aryl methyl sites for hydroxylation is 1. The van der Waals surface area contributed by atoms with Gasteiger partial charge >= 0.3 is 6.09 Å². The zero-order valence-electron chi connectivity index (χ0n) is 18.2. The van der Waals surface area contributed by atoms with Crippen molar-refractivity contribution in [2.75, 3.05) is 5.73 Å². The molecule has 4 rings (SSSR count). The van der Waals surface area contributed by atoms with Crippen molar-refractivity contribution in [3.05, 3.63) is 35.5 Å². The first kappa shape index (κ1) is 21.2. The van der Waals surface area contributed by atoms with Crippen LogP contribution in [0.15, 0.2) is 24.4 Å². The lowest BCUT2D eigenvalue weighted by Gasteiger charge is -2.27. The molecule has 2 aliphatic rings. The number of benzene rings is 1. The fourth-order valence-electron chi connectivity index (χ4n) is 4.16. The van der Waals surface area contributed by atoms with E-state index in [2.05, 4.69) is 15.7 Å². The van der Waals surface area contributed by atoms with Crippen LogP contribution in [0.5, 0.6) is 5.75 Å². The Labute approximate surface area is 182 Å². The molecule has 8 heteroatoms. The Kier molecular flexibility index (Phi) is 6.15. The average Bonchev–Trinajstić information content (AvgIpc) is 3.51. The molecule has 1 aromatic heterocycles. The average molecular weight is 426 g/mol. The number of ether oxygens (including phenoxy) is 1. The lowest BCUT2D eigenvalue weighted by Crippen LogP contribution is -2.40. The van der Waals surface area contributed by atoms with Gasteiger partial charge in [0.05, 0.1) is 11.9 Å². The van der Waals surface area contributed by atoms with Crippen LogP contribution >= 0.6 is 0 Å². The minimum atomic E-state index is -0.529. The van der Waals surface area contributed by atoms with E-state index < -0.39 is 6.09 Å². The lowest BCUT2D eigenvalue weighted by molar-refractivity contribution is 0.0951. The first-order valence-corrected chi connectivity index (χ1v) is 11.2. The van der Waals surface area contributed by atoms with Gasteiger partial charge in [-0.05, 0) is 63.1 Å². The molecule has 2 saturated carbocycles. The van der Waals surface area contributed by atoms with Crippen LogP contribution in [0.25, 0.3) is 5.69 Å². The van der Waals surface area contributed by atoms with Crippen LogP contribution in [0.4, 0.5) is 10.6 Å². The molecule has 0 aliphatic heterocycles. The number of amides is 2. The van der Waals surface area contributed by atoms with E-state index in [0.29, 0.717) is 17.2 Å². The van der Waals surface area contributed by atoms with Crippen molar-refractivity contribution >= 4 is 17.8 Å². The van der Waals surface area contributed by atoms with Crippen molar-refractivity contribution in [1.29, 1.82) is 0 Å². The smallest absolute Gasteiger partial charge is 0.405 e. The molecule has 1 heterocycles. The molecule has 0 spiro atoms. The highest BCUT2D eigenvalue weighted by molar-refractivity contribution is 5.95. The molecule has 0 radical (unpaired) electrons. The summed E-state index contributed by atoms with van der Waals surface area (Å²) >= 11 is 0. The zero-order valence-corrected chi connectivity index (χ0v) is 18.2. The van der Waals surface area contributed by atoms with Gasteiger partial charge in [-0.15, -0.1) is 0 Å². The SMILES string of the molecule is Cc1ccc(C(=O)NC2CC2)cc1-n1ncc(OC(=O)NC(C)C2CCCCC2)c1N. The van der Waals surface area contributed by atoms with E-state index in [0.717, 1.165) is 31.2 Å². The number of hydrogen-bond acceptors (Lipinski definition) is 5. The number of nitrogens with two attached hydrogens (primary N) is 1. The Morgan fingerprint density at radius 3 is 2.65 bits per heavy atom. The van der Waals surface area contributed by atoms with Crippen molar-refractivity contribution in [2.45, 2.75) is 70.9 Å². The van der Waals surface area contributed by atoms with Crippen LogP contribution in [-0.2, 0) is 0 Å². The number of rotatable bonds is 6. The van der Waals surface area contributed by atoms with Crippen LogP contribution in [0.1, 0.15) is 67.8 Å². The molecule has 31 heavy (non-hydrogen) atoms. The largest absolute Gasteiger partial charge is 0.413 e. The Balaban J connectivity index is 1.45. The fraction of sp³-hybridized carbons (Fsp3) is 0.522. The molecule has 4 N–H and O–H groups in total. The van der Waals surface area contributed by atoms with Gasteiger partial charge in [-0.3, -0.25) is 4.79 Å². The van der Waals surface area contributed by atoms with Crippen molar-refractivity contribution in [3.8, 4) is 11.4 Å². The van der Waals surface area contributed by atoms with E-state index in [4.69, 9.17) is 10.5 Å². The molecule has 2 aromatic rings. The third-order valence-corrected chi connectivity index (χ3v) is 6.29. The molecule has 1 unspecified atom stereocenters. The Morgan fingerprint density at radius 2 is 1.94 bits per heavy atom. The topological polar surface area (TPSA) is 111 Å². The zero-order chi connectivity index (χ0) is 22.0. The van der Waals surface area contributed by atoms with Crippen LogP contribution in [0, 0.1) is 12.8 Å². The number of carbonyl (C=O) groups is 2. The van der Waals surface area contributed by atoms with E-state index in [-0.39, 0.29) is 29.6 Å². The highest BCUT2D eigenvalue weighted by Crippen LogP contribution is 2.28. The van der Waals surface area contributed by atoms with Crippen LogP contribution < -0.4 is 21.1 Å². The first-order chi connectivity index (χ1) is 14.9. The number of nitrogens with one attached hydrogen (secondary N) is 2. The van der Waals surface area contributed by atoms with E-state index in [9.17, 15) is 9.59 Å². The summed E-state index contributed by atoms with van der Waals surface area (Å²) in [6, 6.07) is 5.73. The summed E-state index contributed by atoms with van der Waals surface area (Å²) in [5.41, 5.74) is 8.36. The van der Waals surface area contributed by atoms with Gasteiger partial charge in [0.1, 0.15) is 0 Å². The van der Waals surface area contributed by atoms with Gasteiger partial charge in [0.25, 0.3) is 5.91 Å². The quantitative estimate of drug-likeness (QED) is 0.653. The summed E-state index contributed by atoms with van der Waals surface area (Å²) in [4.78, 5) is 24.8. The maximum Gasteiger partial charge on any atom is 0.413 e. The maximum atomic E-state index is 12.4. The Hall–Kier alpha value is -3.03. The lowest BCUT2D eigenvalue weighted by atomic mass is 9.85. The molecule has 0 saturated heterocycles. The predicted molar refractivity (Wildman–Crippen MR) is 118 cm³/mol. The second kappa shape index (κ2) is 8.99. The van der Waals surface area contributed by atoms with E-state index in [1.165, 1.54) is 30.1 Å². The third-order valence-electron chi connectivity index (χ3n) is 6.29. The van der Waals surface area contributed by atoms with Crippen molar-refractivity contribution in [1.82, 2.24) is 20.4 Å². The molecular weight excluding hydrogens is 394 g/mol. The molecular formula is C23H31N5O3. The minimum absolute atomic E-state index is 0.0491. The number of anilines is 1. The van der Waals surface area contributed by atoms with Gasteiger partial charge in [-0.2, -0.15) is 5.10 Å². The monoisotopic (exact) mass is 425 g/mol. The van der Waals surface area contributed by atoms with Gasteiger partial charge in [-0.25, -0.2) is 9.48 Å². The molecule has 2 amide bonds. The Morgan fingerprint density at radius 1 is 1.19 bits per heavy atom. The summed E-state index contributed by atoms with van der Waals surface area (Å²) in [6.45, 7) is 3.93. The second-order valence-electron chi connectivity index (χ2n) is 8.78. The van der Waals surface area contributed by atoms with Crippen LogP contribution in [-0.4, -0.2) is 33.9 Å². The Bertz CT molecular complexity index is 960. The molecule has 166 valence electrons. The maximum absolute atomic E-state index is 12.4. The number of nitrogens with zero attached hydrogens (tertiary/aromatic N) is 2. The van der Waals surface area contributed by atoms with E-state index in [1.54, 1.807) is 12.1 Å². The fourth-order valence-corrected chi connectivity index (χ4v) is 4.16. The normalized spacial score (nSPS) is 17.7. The van der Waals surface area contributed by atoms with Gasteiger partial charge in [-0.1, -0.05) is 25.3 Å². The van der Waals surface area contributed by atoms with Crippen LogP contribution in [0.2, 0.25) is 0 Å². The van der Waals surface area contributed by atoms with E-state index in [1.807, 2.05) is 19.9 Å². The summed E-state index contributed by atoms with van der Waals surface area (Å²) < 4.78 is 6.95. The predicted octanol–water partition coefficient (Wildman–Crippen LogP) is 3.71. The van der Waals surface area contributed by atoms with Crippen molar-refractivity contribution in [2.24, 2.45) is 5.92 Å². The van der Waals surface area contributed by atoms with Gasteiger partial charge in [0.15, 0.2) is 11.6 Å². The third kappa shape index (κ3) is 5.00. The molecule has 0 bridgehead atoms. The van der Waals surface area contributed by atoms with Crippen LogP contribution in [0.3, 0.4) is 0 Å². The summed E-state index contributed by atoms with van der Waals surface area (Å²) in [5.74, 6) is 0.777. The van der Waals surface area contributed by atoms with E-state index >= 15 is 0 Å². The minimum Gasteiger partial charge on any atom is -0.405 e. The summed E-state index contributed by atoms with van der Waals surface area (Å²) in [6.07, 6.45) is 8.90. The highest BCUT2D eigenvalue weighted by atomic mass is 16.6. The molecule has 1 atom stereocenters. The van der Waals surface area contributed by atoms with Crippen molar-refractivity contribution < 1.29 is 14.3 Å². The van der Waals surface area contributed by atoms with Gasteiger partial charge < -0.3 is 21.1 Å². The molecule has 8 nitrogen and oxygen atoms in total. The first-order valence-electron chi connectivity index (χ1n) is 11.2. The van der Waals surface area contributed by atoms with Crippen molar-refractivity contribution in [3.63, 3.8) is 0 Å². The highest BCUT2D eigenvalue weighted by Gasteiger charge is 2.25. The molecule has 2 aliphatic carbocycles. The molecule has 2 fully saturated rings. The summed E-state index contributed by atoms with van der Waals surface area (Å²) in [5, 5.41) is 10.2. The number of aromatic nitrogens is 2. The van der Waals surface area contributed by atoms with Gasteiger partial charge in [0, 0.05) is 17.6 Å². The number of hydrogen-bond donors (Lipinski definition) is 3. The van der Waals surface area contributed by atoms with Gasteiger partial charge in [0.2, 0.25) is 0 Å². The standard InChI is InChI=1S/C23H31N5O3/c1-14-8-9-17(22(29)27-18-10-11-18)12-19(14)28-21(24)20(13-25-28)31-23(30)26-15(2)16-6-4-3-5-7-16/h8-9,12-13,15-16,18H,3-7,10-11,24H2,1-2H3,(H,26,30)(H,27,29). The second-order valence-corrected chi connectivity index (χ2v) is 8.78. The molecule has 1 aromatic carbocycles. The summed E-state index contributed by atoms with van der Waals surface area (Å²) in [7, 11) is 0.